The molecule has 3 heterocycles. The van der Waals surface area contributed by atoms with Gasteiger partial charge in [0.2, 0.25) is 10.0 Å². The number of fused-ring (bicyclic) bond motifs is 1. The molecule has 0 radical (unpaired) electrons. The molecule has 2 aromatic rings. The van der Waals surface area contributed by atoms with Gasteiger partial charge in [-0.1, -0.05) is 23.7 Å². The first kappa shape index (κ1) is 23.1. The van der Waals surface area contributed by atoms with Gasteiger partial charge in [-0.15, -0.1) is 0 Å². The van der Waals surface area contributed by atoms with Crippen molar-refractivity contribution in [3.05, 3.63) is 68.6 Å². The number of carbonyl (C=O) groups excluding carboxylic acids is 2. The minimum atomic E-state index is -3.44. The van der Waals surface area contributed by atoms with E-state index in [0.717, 1.165) is 12.0 Å². The maximum Gasteiger partial charge on any atom is 0.270 e. The van der Waals surface area contributed by atoms with Crippen molar-refractivity contribution in [2.75, 3.05) is 26.2 Å². The van der Waals surface area contributed by atoms with Crippen molar-refractivity contribution in [1.29, 1.82) is 0 Å². The Morgan fingerprint density at radius 2 is 1.71 bits per heavy atom. The van der Waals surface area contributed by atoms with Gasteiger partial charge in [0.25, 0.3) is 17.4 Å². The molecule has 1 aromatic carbocycles. The molecular weight excluding hydrogens is 480 g/mol. The molecule has 5 rings (SSSR count). The number of sulfonamides is 1. The summed E-state index contributed by atoms with van der Waals surface area (Å²) in [5.41, 5.74) is 0.429. The number of rotatable bonds is 7. The number of amides is 2. The van der Waals surface area contributed by atoms with Crippen LogP contribution in [0.3, 0.4) is 0 Å². The molecule has 0 spiro atoms. The molecule has 1 aromatic heterocycles. The lowest BCUT2D eigenvalue weighted by molar-refractivity contribution is 0.0693. The number of carbonyl (C=O) groups is 2. The highest BCUT2D eigenvalue weighted by Crippen LogP contribution is 2.47. The van der Waals surface area contributed by atoms with E-state index in [2.05, 4.69) is 5.32 Å². The fourth-order valence-electron chi connectivity index (χ4n) is 4.46. The lowest BCUT2D eigenvalue weighted by atomic mass is 10.1. The van der Waals surface area contributed by atoms with Gasteiger partial charge in [-0.2, -0.15) is 0 Å². The second-order valence-electron chi connectivity index (χ2n) is 9.07. The monoisotopic (exact) mass is 504 g/mol. The van der Waals surface area contributed by atoms with Gasteiger partial charge < -0.3 is 14.8 Å². The largest absolute Gasteiger partial charge is 0.348 e. The Bertz CT molecular complexity index is 1310. The van der Waals surface area contributed by atoms with E-state index >= 15 is 0 Å². The predicted octanol–water partition coefficient (Wildman–Crippen LogP) is 1.46. The highest BCUT2D eigenvalue weighted by Gasteiger charge is 2.59. The fourth-order valence-corrected chi connectivity index (χ4v) is 6.81. The number of nitrogens with zero attached hydrogens (tertiary/aromatic N) is 3. The lowest BCUT2D eigenvalue weighted by Crippen LogP contribution is -2.54. The summed E-state index contributed by atoms with van der Waals surface area (Å²) in [6.07, 6.45) is 1.94. The Balaban J connectivity index is 1.30. The van der Waals surface area contributed by atoms with Gasteiger partial charge in [0, 0.05) is 44.3 Å². The Morgan fingerprint density at radius 3 is 2.32 bits per heavy atom. The molecule has 34 heavy (non-hydrogen) atoms. The van der Waals surface area contributed by atoms with Crippen LogP contribution in [0.5, 0.6) is 0 Å². The highest BCUT2D eigenvalue weighted by molar-refractivity contribution is 7.90. The number of hydrogen-bond acceptors (Lipinski definition) is 5. The Morgan fingerprint density at radius 1 is 1.00 bits per heavy atom. The van der Waals surface area contributed by atoms with Crippen molar-refractivity contribution < 1.29 is 18.0 Å². The third-order valence-electron chi connectivity index (χ3n) is 6.87. The molecule has 1 saturated carbocycles. The van der Waals surface area contributed by atoms with Crippen LogP contribution < -0.4 is 10.9 Å². The van der Waals surface area contributed by atoms with E-state index in [4.69, 9.17) is 11.6 Å². The van der Waals surface area contributed by atoms with Crippen molar-refractivity contribution in [2.45, 2.75) is 37.1 Å². The molecule has 1 N–H and O–H groups in total. The van der Waals surface area contributed by atoms with E-state index in [1.54, 1.807) is 24.3 Å². The molecule has 0 atom stereocenters. The zero-order valence-corrected chi connectivity index (χ0v) is 20.1. The van der Waals surface area contributed by atoms with Crippen molar-refractivity contribution in [2.24, 2.45) is 0 Å². The van der Waals surface area contributed by atoms with Crippen LogP contribution in [0.1, 0.15) is 45.7 Å². The average molecular weight is 505 g/mol. The van der Waals surface area contributed by atoms with E-state index in [-0.39, 0.29) is 43.3 Å². The average Bonchev–Trinajstić information content (AvgIpc) is 3.55. The summed E-state index contributed by atoms with van der Waals surface area (Å²) < 4.78 is 27.8. The minimum Gasteiger partial charge on any atom is -0.348 e. The molecule has 2 fully saturated rings. The van der Waals surface area contributed by atoms with E-state index in [1.807, 2.05) is 0 Å². The second kappa shape index (κ2) is 8.51. The second-order valence-corrected chi connectivity index (χ2v) is 11.8. The minimum absolute atomic E-state index is 0.0435. The zero-order valence-electron chi connectivity index (χ0n) is 18.5. The summed E-state index contributed by atoms with van der Waals surface area (Å²) >= 11 is 5.87. The standard InChI is InChI=1S/C23H25ClN4O5S/c24-17-4-2-16(3-5-17)14-25-20(29)18-6-7-19-22(31)26(12-13-28(19)21(18)30)15-23(8-9-23)34(32,33)27-10-1-11-27/h2-7H,1,8-15H2,(H,25,29). The third kappa shape index (κ3) is 3.93. The summed E-state index contributed by atoms with van der Waals surface area (Å²) in [5, 5.41) is 3.31. The van der Waals surface area contributed by atoms with Crippen molar-refractivity contribution in [1.82, 2.24) is 19.1 Å². The fraction of sp³-hybridized carbons (Fsp3) is 0.435. The summed E-state index contributed by atoms with van der Waals surface area (Å²) in [5.74, 6) is -0.913. The van der Waals surface area contributed by atoms with Crippen LogP contribution in [-0.4, -0.2) is 64.9 Å². The first-order valence-electron chi connectivity index (χ1n) is 11.3. The van der Waals surface area contributed by atoms with Crippen molar-refractivity contribution >= 4 is 33.4 Å². The van der Waals surface area contributed by atoms with Crippen LogP contribution in [0.4, 0.5) is 0 Å². The van der Waals surface area contributed by atoms with Gasteiger partial charge in [0.1, 0.15) is 16.0 Å². The number of aromatic nitrogens is 1. The highest BCUT2D eigenvalue weighted by atomic mass is 35.5. The summed E-state index contributed by atoms with van der Waals surface area (Å²) in [4.78, 5) is 40.2. The van der Waals surface area contributed by atoms with Crippen LogP contribution in [0.25, 0.3) is 0 Å². The molecule has 2 aliphatic heterocycles. The molecule has 9 nitrogen and oxygen atoms in total. The topological polar surface area (TPSA) is 109 Å². The molecule has 11 heteroatoms. The smallest absolute Gasteiger partial charge is 0.270 e. The SMILES string of the molecule is O=C(NCc1ccc(Cl)cc1)c1ccc2n(c1=O)CCN(CC1(S(=O)(=O)N3CCC3)CC1)C2=O. The zero-order chi connectivity index (χ0) is 24.1. The quantitative estimate of drug-likeness (QED) is 0.614. The van der Waals surface area contributed by atoms with Gasteiger partial charge in [0.15, 0.2) is 0 Å². The van der Waals surface area contributed by atoms with Gasteiger partial charge in [0.05, 0.1) is 0 Å². The number of benzene rings is 1. The summed E-state index contributed by atoms with van der Waals surface area (Å²) in [6, 6.07) is 9.82. The van der Waals surface area contributed by atoms with Gasteiger partial charge in [-0.25, -0.2) is 12.7 Å². The molecule has 180 valence electrons. The number of nitrogens with one attached hydrogen (secondary N) is 1. The summed E-state index contributed by atoms with van der Waals surface area (Å²) in [7, 11) is -3.44. The van der Waals surface area contributed by atoms with E-state index in [0.29, 0.717) is 31.0 Å². The molecule has 1 aliphatic carbocycles. The molecule has 2 amide bonds. The van der Waals surface area contributed by atoms with Crippen LogP contribution in [0.2, 0.25) is 5.02 Å². The first-order valence-corrected chi connectivity index (χ1v) is 13.1. The maximum atomic E-state index is 13.1. The predicted molar refractivity (Wildman–Crippen MR) is 126 cm³/mol. The third-order valence-corrected chi connectivity index (χ3v) is 9.80. The summed E-state index contributed by atoms with van der Waals surface area (Å²) in [6.45, 7) is 1.87. The number of halogens is 1. The number of pyridine rings is 1. The first-order chi connectivity index (χ1) is 16.2. The van der Waals surface area contributed by atoms with E-state index in [9.17, 15) is 22.8 Å². The van der Waals surface area contributed by atoms with Crippen molar-refractivity contribution in [3.8, 4) is 0 Å². The Labute approximate surface area is 202 Å². The maximum absolute atomic E-state index is 13.1. The van der Waals surface area contributed by atoms with E-state index in [1.165, 1.54) is 25.9 Å². The van der Waals surface area contributed by atoms with Crippen LogP contribution >= 0.6 is 11.6 Å². The van der Waals surface area contributed by atoms with Gasteiger partial charge in [-0.3, -0.25) is 14.4 Å². The Hall–Kier alpha value is -2.69. The van der Waals surface area contributed by atoms with E-state index < -0.39 is 26.2 Å². The lowest BCUT2D eigenvalue weighted by Gasteiger charge is -2.37. The molecule has 1 saturated heterocycles. The van der Waals surface area contributed by atoms with Crippen LogP contribution in [0.15, 0.2) is 41.2 Å². The van der Waals surface area contributed by atoms with Crippen LogP contribution in [0, 0.1) is 0 Å². The van der Waals surface area contributed by atoms with Gasteiger partial charge >= 0.3 is 0 Å². The normalized spacial score (nSPS) is 19.3. The number of hydrogen-bond donors (Lipinski definition) is 1. The molecular formula is C23H25ClN4O5S. The molecule has 0 unspecified atom stereocenters. The van der Waals surface area contributed by atoms with Crippen molar-refractivity contribution in [3.63, 3.8) is 0 Å². The molecule has 0 bridgehead atoms. The molecule has 3 aliphatic rings. The Kier molecular flexibility index (Phi) is 5.78. The van der Waals surface area contributed by atoms with Gasteiger partial charge in [-0.05, 0) is 49.1 Å². The van der Waals surface area contributed by atoms with Crippen LogP contribution in [-0.2, 0) is 23.1 Å².